The van der Waals surface area contributed by atoms with Crippen LogP contribution in [0.4, 0.5) is 0 Å². The maximum atomic E-state index is 12.5. The van der Waals surface area contributed by atoms with Gasteiger partial charge >= 0.3 is 0 Å². The zero-order chi connectivity index (χ0) is 14.8. The van der Waals surface area contributed by atoms with Crippen molar-refractivity contribution in [3.63, 3.8) is 0 Å². The van der Waals surface area contributed by atoms with Crippen LogP contribution in [-0.2, 0) is 9.59 Å². The van der Waals surface area contributed by atoms with Crippen molar-refractivity contribution < 1.29 is 14.7 Å². The molecular weight excluding hydrogens is 242 g/mol. The average Bonchev–Trinajstić information content (AvgIpc) is 2.52. The van der Waals surface area contributed by atoms with Gasteiger partial charge in [-0.1, -0.05) is 27.7 Å². The molecule has 0 aromatic carbocycles. The molecule has 4 heteroatoms. The van der Waals surface area contributed by atoms with Gasteiger partial charge in [-0.05, 0) is 32.1 Å². The molecule has 1 N–H and O–H groups in total. The Morgan fingerprint density at radius 3 is 2.21 bits per heavy atom. The molecule has 0 aromatic heterocycles. The third kappa shape index (κ3) is 3.35. The van der Waals surface area contributed by atoms with Gasteiger partial charge < -0.3 is 5.11 Å². The molecule has 1 aliphatic rings. The molecule has 0 spiro atoms. The summed E-state index contributed by atoms with van der Waals surface area (Å²) < 4.78 is 0. The molecule has 110 valence electrons. The summed E-state index contributed by atoms with van der Waals surface area (Å²) >= 11 is 0. The zero-order valence-electron chi connectivity index (χ0n) is 12.8. The summed E-state index contributed by atoms with van der Waals surface area (Å²) in [5, 5.41) is 10.4. The number of carbonyl (C=O) groups is 2. The minimum Gasteiger partial charge on any atom is -0.388 e. The Bertz CT molecular complexity index is 356. The van der Waals surface area contributed by atoms with Crippen molar-refractivity contribution >= 4 is 11.8 Å². The number of imide groups is 1. The topological polar surface area (TPSA) is 57.6 Å². The smallest absolute Gasteiger partial charge is 0.235 e. The molecule has 0 bridgehead atoms. The second kappa shape index (κ2) is 5.61. The molecule has 0 radical (unpaired) electrons. The van der Waals surface area contributed by atoms with Crippen LogP contribution in [0.15, 0.2) is 0 Å². The molecule has 1 fully saturated rings. The van der Waals surface area contributed by atoms with Gasteiger partial charge in [-0.25, -0.2) is 0 Å². The van der Waals surface area contributed by atoms with Gasteiger partial charge in [0.1, 0.15) is 0 Å². The van der Waals surface area contributed by atoms with Crippen molar-refractivity contribution in [1.82, 2.24) is 4.90 Å². The number of hydrogen-bond donors (Lipinski definition) is 1. The normalized spacial score (nSPS) is 22.2. The van der Waals surface area contributed by atoms with Crippen molar-refractivity contribution in [2.45, 2.75) is 65.9 Å². The predicted octanol–water partition coefficient (Wildman–Crippen LogP) is 2.35. The molecule has 0 aliphatic carbocycles. The molecule has 0 aromatic rings. The van der Waals surface area contributed by atoms with Crippen LogP contribution in [0.5, 0.6) is 0 Å². The molecule has 1 saturated heterocycles. The van der Waals surface area contributed by atoms with E-state index in [2.05, 4.69) is 0 Å². The van der Waals surface area contributed by atoms with E-state index in [9.17, 15) is 14.7 Å². The number of amides is 2. The predicted molar refractivity (Wildman–Crippen MR) is 74.4 cm³/mol. The summed E-state index contributed by atoms with van der Waals surface area (Å²) in [6, 6.07) is 0. The average molecular weight is 269 g/mol. The van der Waals surface area contributed by atoms with Gasteiger partial charge in [-0.15, -0.1) is 0 Å². The summed E-state index contributed by atoms with van der Waals surface area (Å²) in [7, 11) is 0. The van der Waals surface area contributed by atoms with Crippen molar-refractivity contribution in [3.8, 4) is 0 Å². The lowest BCUT2D eigenvalue weighted by molar-refractivity contribution is -0.145. The third-order valence-corrected chi connectivity index (χ3v) is 4.19. The van der Waals surface area contributed by atoms with Crippen LogP contribution in [-0.4, -0.2) is 34.0 Å². The minimum absolute atomic E-state index is 0.105. The molecule has 19 heavy (non-hydrogen) atoms. The molecule has 1 unspecified atom stereocenters. The van der Waals surface area contributed by atoms with E-state index in [4.69, 9.17) is 0 Å². The van der Waals surface area contributed by atoms with Crippen LogP contribution in [0.2, 0.25) is 0 Å². The highest BCUT2D eigenvalue weighted by atomic mass is 16.3. The molecule has 1 aliphatic heterocycles. The number of hydrogen-bond acceptors (Lipinski definition) is 3. The fourth-order valence-electron chi connectivity index (χ4n) is 3.11. The second-order valence-corrected chi connectivity index (χ2v) is 6.54. The van der Waals surface area contributed by atoms with Crippen LogP contribution in [0.25, 0.3) is 0 Å². The summed E-state index contributed by atoms with van der Waals surface area (Å²) in [5.74, 6) is 0.0779. The highest BCUT2D eigenvalue weighted by molar-refractivity contribution is 6.05. The second-order valence-electron chi connectivity index (χ2n) is 6.54. The first-order chi connectivity index (χ1) is 8.67. The van der Waals surface area contributed by atoms with E-state index in [1.165, 1.54) is 4.90 Å². The number of rotatable bonds is 6. The first kappa shape index (κ1) is 16.2. The Labute approximate surface area is 116 Å². The van der Waals surface area contributed by atoms with E-state index in [-0.39, 0.29) is 24.8 Å². The molecule has 2 amide bonds. The van der Waals surface area contributed by atoms with Gasteiger partial charge in [0, 0.05) is 6.42 Å². The highest BCUT2D eigenvalue weighted by Crippen LogP contribution is 2.39. The van der Waals surface area contributed by atoms with Gasteiger partial charge in [0.25, 0.3) is 0 Å². The van der Waals surface area contributed by atoms with E-state index in [1.54, 1.807) is 6.92 Å². The SMILES string of the molecule is CCC1(CC)CC(=O)N(CC(C)(O)CC(C)C)C1=O. The zero-order valence-corrected chi connectivity index (χ0v) is 12.8. The summed E-state index contributed by atoms with van der Waals surface area (Å²) in [5.41, 5.74) is -1.54. The standard InChI is InChI=1S/C15H27NO3/c1-6-15(7-2)9-12(17)16(13(15)18)10-14(5,19)8-11(3)4/h11,19H,6-10H2,1-5H3. The van der Waals surface area contributed by atoms with Gasteiger partial charge in [0.2, 0.25) is 11.8 Å². The Kier molecular flexibility index (Phi) is 4.77. The summed E-state index contributed by atoms with van der Waals surface area (Å²) in [6.07, 6.45) is 2.22. The van der Waals surface area contributed by atoms with Crippen LogP contribution in [0.3, 0.4) is 0 Å². The summed E-state index contributed by atoms with van der Waals surface area (Å²) in [4.78, 5) is 25.8. The van der Waals surface area contributed by atoms with E-state index in [1.807, 2.05) is 27.7 Å². The van der Waals surface area contributed by atoms with Crippen LogP contribution in [0.1, 0.15) is 60.3 Å². The van der Waals surface area contributed by atoms with E-state index in [0.717, 1.165) is 0 Å². The van der Waals surface area contributed by atoms with Crippen LogP contribution < -0.4 is 0 Å². The number of carbonyl (C=O) groups excluding carboxylic acids is 2. The minimum atomic E-state index is -1.00. The lowest BCUT2D eigenvalue weighted by Gasteiger charge is -2.31. The van der Waals surface area contributed by atoms with E-state index < -0.39 is 11.0 Å². The molecule has 1 heterocycles. The molecule has 4 nitrogen and oxygen atoms in total. The maximum Gasteiger partial charge on any atom is 0.235 e. The van der Waals surface area contributed by atoms with Crippen molar-refractivity contribution in [1.29, 1.82) is 0 Å². The van der Waals surface area contributed by atoms with Crippen molar-refractivity contribution in [2.75, 3.05) is 6.54 Å². The monoisotopic (exact) mass is 269 g/mol. The first-order valence-corrected chi connectivity index (χ1v) is 7.24. The molecule has 0 saturated carbocycles. The first-order valence-electron chi connectivity index (χ1n) is 7.24. The van der Waals surface area contributed by atoms with Gasteiger partial charge in [0.05, 0.1) is 17.6 Å². The van der Waals surface area contributed by atoms with Crippen molar-refractivity contribution in [2.24, 2.45) is 11.3 Å². The lowest BCUT2D eigenvalue weighted by Crippen LogP contribution is -2.46. The maximum absolute atomic E-state index is 12.5. The van der Waals surface area contributed by atoms with Gasteiger partial charge in [-0.3, -0.25) is 14.5 Å². The molecule has 1 atom stereocenters. The molecular formula is C15H27NO3. The Morgan fingerprint density at radius 2 is 1.84 bits per heavy atom. The van der Waals surface area contributed by atoms with Crippen LogP contribution >= 0.6 is 0 Å². The Morgan fingerprint density at radius 1 is 1.32 bits per heavy atom. The number of β-amino-alcohol motifs (C(OH)–C–C–N with tert-alkyl or cyclic N) is 1. The third-order valence-electron chi connectivity index (χ3n) is 4.19. The Balaban J connectivity index is 2.85. The number of likely N-dealkylation sites (tertiary alicyclic amines) is 1. The highest BCUT2D eigenvalue weighted by Gasteiger charge is 2.50. The van der Waals surface area contributed by atoms with Gasteiger partial charge in [-0.2, -0.15) is 0 Å². The number of aliphatic hydroxyl groups is 1. The fraction of sp³-hybridized carbons (Fsp3) is 0.867. The van der Waals surface area contributed by atoms with E-state index in [0.29, 0.717) is 25.2 Å². The summed E-state index contributed by atoms with van der Waals surface area (Å²) in [6.45, 7) is 9.75. The fourth-order valence-corrected chi connectivity index (χ4v) is 3.11. The van der Waals surface area contributed by atoms with Crippen molar-refractivity contribution in [3.05, 3.63) is 0 Å². The quantitative estimate of drug-likeness (QED) is 0.753. The largest absolute Gasteiger partial charge is 0.388 e. The van der Waals surface area contributed by atoms with Crippen LogP contribution in [0, 0.1) is 11.3 Å². The van der Waals surface area contributed by atoms with E-state index >= 15 is 0 Å². The van der Waals surface area contributed by atoms with Gasteiger partial charge in [0.15, 0.2) is 0 Å². The Hall–Kier alpha value is -0.900. The number of nitrogens with zero attached hydrogens (tertiary/aromatic N) is 1. The lowest BCUT2D eigenvalue weighted by atomic mass is 9.81. The molecule has 1 rings (SSSR count).